The molecule has 5 aliphatic heterocycles. The predicted molar refractivity (Wildman–Crippen MR) is 206 cm³/mol. The summed E-state index contributed by atoms with van der Waals surface area (Å²) in [7, 11) is 0. The van der Waals surface area contributed by atoms with Gasteiger partial charge in [0.1, 0.15) is 6.17 Å². The van der Waals surface area contributed by atoms with Gasteiger partial charge < -0.3 is 29.4 Å². The Hall–Kier alpha value is -5.10. The summed E-state index contributed by atoms with van der Waals surface area (Å²) in [4.78, 5) is 15.2. The third-order valence-corrected chi connectivity index (χ3v) is 11.5. The van der Waals surface area contributed by atoms with E-state index < -0.39 is 0 Å². The first kappa shape index (κ1) is 30.9. The summed E-state index contributed by atoms with van der Waals surface area (Å²) in [5, 5.41) is 0. The van der Waals surface area contributed by atoms with E-state index in [0.717, 1.165) is 52.2 Å². The molecule has 0 spiro atoms. The summed E-state index contributed by atoms with van der Waals surface area (Å²) < 4.78 is 0. The van der Waals surface area contributed by atoms with Crippen LogP contribution in [0, 0.1) is 0 Å². The van der Waals surface area contributed by atoms with Crippen LogP contribution in [0.25, 0.3) is 0 Å². The Balaban J connectivity index is 1.01. The summed E-state index contributed by atoms with van der Waals surface area (Å²) >= 11 is 0. The first-order chi connectivity index (χ1) is 24.5. The van der Waals surface area contributed by atoms with E-state index in [9.17, 15) is 0 Å². The largest absolute Gasteiger partial charge is 0.358 e. The van der Waals surface area contributed by atoms with Crippen LogP contribution in [-0.4, -0.2) is 53.8 Å². The van der Waals surface area contributed by atoms with Gasteiger partial charge in [-0.25, -0.2) is 0 Å². The molecule has 4 aromatic rings. The lowest BCUT2D eigenvalue weighted by atomic mass is 9.81. The van der Waals surface area contributed by atoms with Crippen molar-refractivity contribution in [1.82, 2.24) is 14.7 Å². The van der Waals surface area contributed by atoms with E-state index in [1.807, 2.05) is 0 Å². The van der Waals surface area contributed by atoms with Crippen LogP contribution in [0.15, 0.2) is 139 Å². The second-order valence-electron chi connectivity index (χ2n) is 14.9. The highest BCUT2D eigenvalue weighted by atomic mass is 15.4. The minimum absolute atomic E-state index is 0.296. The molecule has 5 heterocycles. The quantitative estimate of drug-likeness (QED) is 0.196. The maximum atomic E-state index is 2.68. The van der Waals surface area contributed by atoms with Crippen molar-refractivity contribution < 1.29 is 0 Å². The molecule has 50 heavy (non-hydrogen) atoms. The van der Waals surface area contributed by atoms with Crippen LogP contribution in [0.3, 0.4) is 0 Å². The van der Waals surface area contributed by atoms with Crippen LogP contribution in [-0.2, 0) is 12.8 Å². The molecule has 0 amide bonds. The van der Waals surface area contributed by atoms with Crippen molar-refractivity contribution in [2.24, 2.45) is 0 Å². The Morgan fingerprint density at radius 2 is 1.32 bits per heavy atom. The van der Waals surface area contributed by atoms with Gasteiger partial charge in [0.15, 0.2) is 0 Å². The Morgan fingerprint density at radius 1 is 0.660 bits per heavy atom. The standard InChI is InChI=1S/C44H48N6/c1-32-26-45(30-48(32)39-12-6-4-7-13-39)20-18-35-22-36-19-21-47-28-34(3)50-43-17-11-10-16-41(43)38(25-42(44(47)50)37(23-35)24-36)29-46-27-33(2)49(31-46)40-14-8-5-9-15-40/h4-17,22-24,26-28,38,42,44H,18-21,25,29-31H2,1-3H3. The lowest BCUT2D eigenvalue weighted by Crippen LogP contribution is -2.45. The number of hydrogen-bond donors (Lipinski definition) is 0. The fourth-order valence-corrected chi connectivity index (χ4v) is 9.24. The van der Waals surface area contributed by atoms with Crippen LogP contribution >= 0.6 is 0 Å². The Bertz CT molecular complexity index is 1960. The first-order valence-corrected chi connectivity index (χ1v) is 18.4. The number of rotatable bonds is 7. The van der Waals surface area contributed by atoms with E-state index in [-0.39, 0.29) is 0 Å². The van der Waals surface area contributed by atoms with Crippen molar-refractivity contribution in [1.29, 1.82) is 0 Å². The van der Waals surface area contributed by atoms with Gasteiger partial charge in [-0.2, -0.15) is 0 Å². The predicted octanol–water partition coefficient (Wildman–Crippen LogP) is 8.65. The minimum Gasteiger partial charge on any atom is -0.358 e. The average Bonchev–Trinajstić information content (AvgIpc) is 3.78. The fraction of sp³-hybridized carbons (Fsp3) is 0.318. The van der Waals surface area contributed by atoms with Crippen LogP contribution < -0.4 is 14.7 Å². The van der Waals surface area contributed by atoms with Crippen LogP contribution in [0.2, 0.25) is 0 Å². The van der Waals surface area contributed by atoms with Gasteiger partial charge in [-0.3, -0.25) is 0 Å². The highest BCUT2D eigenvalue weighted by molar-refractivity contribution is 5.64. The first-order valence-electron chi connectivity index (χ1n) is 18.4. The molecule has 0 fully saturated rings. The summed E-state index contributed by atoms with van der Waals surface area (Å²) in [5.41, 5.74) is 13.8. The third kappa shape index (κ3) is 5.61. The van der Waals surface area contributed by atoms with Crippen molar-refractivity contribution in [2.75, 3.05) is 47.7 Å². The third-order valence-electron chi connectivity index (χ3n) is 11.5. The van der Waals surface area contributed by atoms with E-state index in [1.165, 1.54) is 56.4 Å². The molecule has 0 aliphatic carbocycles. The molecule has 3 atom stereocenters. The van der Waals surface area contributed by atoms with Gasteiger partial charge in [0.25, 0.3) is 0 Å². The van der Waals surface area contributed by atoms with Crippen LogP contribution in [0.5, 0.6) is 0 Å². The monoisotopic (exact) mass is 660 g/mol. The molecule has 0 radical (unpaired) electrons. The molecule has 6 heteroatoms. The summed E-state index contributed by atoms with van der Waals surface area (Å²) in [6.07, 6.45) is 10.7. The van der Waals surface area contributed by atoms with E-state index in [0.29, 0.717) is 18.0 Å². The molecular formula is C44H48N6. The van der Waals surface area contributed by atoms with Crippen molar-refractivity contribution in [3.05, 3.63) is 161 Å². The second-order valence-corrected chi connectivity index (χ2v) is 14.9. The molecule has 5 aliphatic rings. The number of benzene rings is 4. The van der Waals surface area contributed by atoms with Crippen molar-refractivity contribution in [3.8, 4) is 0 Å². The smallest absolute Gasteiger partial charge is 0.113 e. The molecule has 4 aromatic carbocycles. The molecule has 0 N–H and O–H groups in total. The van der Waals surface area contributed by atoms with Gasteiger partial charge in [0, 0.05) is 84.2 Å². The molecule has 9 rings (SSSR count). The molecule has 2 bridgehead atoms. The molecule has 0 aromatic heterocycles. The molecule has 0 saturated carbocycles. The number of fused-ring (bicyclic) bond motifs is 5. The lowest BCUT2D eigenvalue weighted by Gasteiger charge is -2.40. The van der Waals surface area contributed by atoms with E-state index in [2.05, 4.69) is 172 Å². The lowest BCUT2D eigenvalue weighted by molar-refractivity contribution is 0.244. The highest BCUT2D eigenvalue weighted by Crippen LogP contribution is 2.49. The van der Waals surface area contributed by atoms with Gasteiger partial charge in [-0.15, -0.1) is 0 Å². The Kier molecular flexibility index (Phi) is 7.83. The summed E-state index contributed by atoms with van der Waals surface area (Å²) in [6.45, 7) is 11.7. The van der Waals surface area contributed by atoms with E-state index in [1.54, 1.807) is 0 Å². The van der Waals surface area contributed by atoms with Crippen LogP contribution in [0.4, 0.5) is 17.1 Å². The molecule has 3 unspecified atom stereocenters. The zero-order valence-corrected chi connectivity index (χ0v) is 29.6. The summed E-state index contributed by atoms with van der Waals surface area (Å²) in [6, 6.07) is 38.5. The number of anilines is 3. The highest BCUT2D eigenvalue weighted by Gasteiger charge is 2.44. The Morgan fingerprint density at radius 3 is 2.06 bits per heavy atom. The number of para-hydroxylation sites is 3. The molecule has 254 valence electrons. The van der Waals surface area contributed by atoms with E-state index in [4.69, 9.17) is 0 Å². The minimum atomic E-state index is 0.296. The Labute approximate surface area is 297 Å². The van der Waals surface area contributed by atoms with Gasteiger partial charge in [-0.1, -0.05) is 72.8 Å². The molecular weight excluding hydrogens is 613 g/mol. The summed E-state index contributed by atoms with van der Waals surface area (Å²) in [5.74, 6) is 0.796. The van der Waals surface area contributed by atoms with Gasteiger partial charge >= 0.3 is 0 Å². The molecule has 6 nitrogen and oxygen atoms in total. The zero-order chi connectivity index (χ0) is 33.8. The van der Waals surface area contributed by atoms with Crippen molar-refractivity contribution in [2.45, 2.75) is 58.0 Å². The van der Waals surface area contributed by atoms with Gasteiger partial charge in [0.05, 0.1) is 13.3 Å². The normalized spacial score (nSPS) is 22.5. The van der Waals surface area contributed by atoms with Crippen LogP contribution in [0.1, 0.15) is 61.3 Å². The fourth-order valence-electron chi connectivity index (χ4n) is 9.24. The van der Waals surface area contributed by atoms with Gasteiger partial charge in [-0.05, 0) is 92.6 Å². The SMILES string of the molecule is CC1=CN(CCc2cc3cc(c2)C2CC(CN4C=C(C)N(c5ccccc5)C4)c4ccccc4N4C(C)=CN(CC3)C24)CN1c1ccccc1. The van der Waals surface area contributed by atoms with E-state index >= 15 is 0 Å². The maximum absolute atomic E-state index is 2.68. The molecule has 0 saturated heterocycles. The van der Waals surface area contributed by atoms with Crippen molar-refractivity contribution >= 4 is 17.1 Å². The maximum Gasteiger partial charge on any atom is 0.113 e. The number of allylic oxidation sites excluding steroid dienone is 3. The number of nitrogens with zero attached hydrogens (tertiary/aromatic N) is 6. The average molecular weight is 661 g/mol. The zero-order valence-electron chi connectivity index (χ0n) is 29.6. The topological polar surface area (TPSA) is 19.4 Å². The second kappa shape index (κ2) is 12.7. The van der Waals surface area contributed by atoms with Gasteiger partial charge in [0.2, 0.25) is 0 Å². The number of hydrogen-bond acceptors (Lipinski definition) is 6. The van der Waals surface area contributed by atoms with Crippen molar-refractivity contribution in [3.63, 3.8) is 0 Å².